The molecule has 0 aliphatic carbocycles. The molecule has 2 atom stereocenters. The third-order valence-corrected chi connectivity index (χ3v) is 4.26. The van der Waals surface area contributed by atoms with Crippen LogP contribution in [0, 0.1) is 5.92 Å². The van der Waals surface area contributed by atoms with Crippen molar-refractivity contribution >= 4 is 23.2 Å². The molecule has 0 saturated carbocycles. The zero-order chi connectivity index (χ0) is 15.2. The average Bonchev–Trinajstić information content (AvgIpc) is 2.47. The lowest BCUT2D eigenvalue weighted by atomic mass is 9.99. The van der Waals surface area contributed by atoms with Crippen molar-refractivity contribution in [1.29, 1.82) is 0 Å². The summed E-state index contributed by atoms with van der Waals surface area (Å²) in [6, 6.07) is 5.15. The van der Waals surface area contributed by atoms with Gasteiger partial charge in [-0.2, -0.15) is 0 Å². The Morgan fingerprint density at radius 2 is 2.05 bits per heavy atom. The Bertz CT molecular complexity index is 438. The molecule has 2 rings (SSSR count). The number of likely N-dealkylation sites (tertiary alicyclic amines) is 1. The van der Waals surface area contributed by atoms with Gasteiger partial charge in [0, 0.05) is 19.7 Å². The summed E-state index contributed by atoms with van der Waals surface area (Å²) < 4.78 is 5.53. The average molecular weight is 334 g/mol. The van der Waals surface area contributed by atoms with Gasteiger partial charge in [0.05, 0.1) is 10.0 Å². The number of hydrogen-bond acceptors (Lipinski definition) is 4. The molecular weight excluding hydrogens is 313 g/mol. The van der Waals surface area contributed by atoms with Crippen molar-refractivity contribution < 1.29 is 14.9 Å². The maximum Gasteiger partial charge on any atom is 0.156 e. The molecule has 1 heterocycles. The molecule has 0 amide bonds. The van der Waals surface area contributed by atoms with E-state index in [1.807, 2.05) is 0 Å². The Hall–Kier alpha value is -0.520. The summed E-state index contributed by atoms with van der Waals surface area (Å²) in [7, 11) is 0. The second-order valence-corrected chi connectivity index (χ2v) is 6.28. The third-order valence-electron chi connectivity index (χ3n) is 3.67. The maximum absolute atomic E-state index is 10.1. The van der Waals surface area contributed by atoms with E-state index >= 15 is 0 Å². The number of rotatable bonds is 6. The molecule has 21 heavy (non-hydrogen) atoms. The van der Waals surface area contributed by atoms with Crippen LogP contribution < -0.4 is 4.74 Å². The molecule has 118 valence electrons. The van der Waals surface area contributed by atoms with Crippen LogP contribution >= 0.6 is 23.2 Å². The van der Waals surface area contributed by atoms with Gasteiger partial charge in [0.1, 0.15) is 12.7 Å². The molecule has 1 saturated heterocycles. The summed E-state index contributed by atoms with van der Waals surface area (Å²) in [6.45, 7) is 2.64. The molecule has 1 aliphatic heterocycles. The van der Waals surface area contributed by atoms with E-state index in [-0.39, 0.29) is 13.2 Å². The van der Waals surface area contributed by atoms with Crippen LogP contribution in [0.2, 0.25) is 10.0 Å². The minimum absolute atomic E-state index is 0.143. The number of halogens is 2. The van der Waals surface area contributed by atoms with E-state index < -0.39 is 6.10 Å². The SMILES string of the molecule is OCC1CCCN(CC(O)COc2c(Cl)cccc2Cl)C1. The number of nitrogens with zero attached hydrogens (tertiary/aromatic N) is 1. The van der Waals surface area contributed by atoms with Crippen LogP contribution in [0.3, 0.4) is 0 Å². The van der Waals surface area contributed by atoms with Crippen LogP contribution in [0.1, 0.15) is 12.8 Å². The van der Waals surface area contributed by atoms with E-state index in [0.717, 1.165) is 25.9 Å². The zero-order valence-electron chi connectivity index (χ0n) is 11.8. The van der Waals surface area contributed by atoms with Crippen LogP contribution in [0.4, 0.5) is 0 Å². The number of β-amino-alcohol motifs (C(OH)–C–C–N with tert-alkyl or cyclic N) is 1. The molecule has 2 unspecified atom stereocenters. The summed E-state index contributed by atoms with van der Waals surface area (Å²) >= 11 is 12.0. The quantitative estimate of drug-likeness (QED) is 0.839. The first-order valence-corrected chi connectivity index (χ1v) is 7.94. The molecule has 1 aliphatic rings. The molecule has 1 fully saturated rings. The molecule has 2 N–H and O–H groups in total. The van der Waals surface area contributed by atoms with E-state index in [2.05, 4.69) is 4.90 Å². The Labute approximate surface area is 135 Å². The summed E-state index contributed by atoms with van der Waals surface area (Å²) in [4.78, 5) is 2.16. The van der Waals surface area contributed by atoms with Gasteiger partial charge in [0.25, 0.3) is 0 Å². The minimum Gasteiger partial charge on any atom is -0.488 e. The number of benzene rings is 1. The number of hydrogen-bond donors (Lipinski definition) is 2. The molecule has 4 nitrogen and oxygen atoms in total. The lowest BCUT2D eigenvalue weighted by Gasteiger charge is -2.33. The number of ether oxygens (including phenoxy) is 1. The lowest BCUT2D eigenvalue weighted by molar-refractivity contribution is 0.0432. The molecule has 6 heteroatoms. The Morgan fingerprint density at radius 1 is 1.33 bits per heavy atom. The second kappa shape index (κ2) is 8.20. The normalized spacial score (nSPS) is 21.2. The van der Waals surface area contributed by atoms with E-state index in [9.17, 15) is 10.2 Å². The van der Waals surface area contributed by atoms with Crippen molar-refractivity contribution in [2.24, 2.45) is 5.92 Å². The van der Waals surface area contributed by atoms with Crippen LogP contribution in [-0.4, -0.2) is 54.1 Å². The second-order valence-electron chi connectivity index (χ2n) is 5.47. The highest BCUT2D eigenvalue weighted by molar-refractivity contribution is 6.37. The summed E-state index contributed by atoms with van der Waals surface area (Å²) in [6.07, 6.45) is 1.49. The molecule has 0 aromatic heterocycles. The molecule has 0 bridgehead atoms. The number of piperidine rings is 1. The number of aliphatic hydroxyl groups excluding tert-OH is 2. The summed E-state index contributed by atoms with van der Waals surface area (Å²) in [5.41, 5.74) is 0. The predicted octanol–water partition coefficient (Wildman–Crippen LogP) is 2.44. The molecule has 1 aromatic rings. The topological polar surface area (TPSA) is 52.9 Å². The fourth-order valence-corrected chi connectivity index (χ4v) is 3.12. The smallest absolute Gasteiger partial charge is 0.156 e. The first-order chi connectivity index (χ1) is 10.1. The van der Waals surface area contributed by atoms with E-state index in [1.54, 1.807) is 18.2 Å². The largest absolute Gasteiger partial charge is 0.488 e. The predicted molar refractivity (Wildman–Crippen MR) is 84.2 cm³/mol. The van der Waals surface area contributed by atoms with Gasteiger partial charge in [-0.3, -0.25) is 0 Å². The van der Waals surface area contributed by atoms with Crippen LogP contribution in [0.25, 0.3) is 0 Å². The van der Waals surface area contributed by atoms with Gasteiger partial charge < -0.3 is 19.8 Å². The fraction of sp³-hybridized carbons (Fsp3) is 0.600. The van der Waals surface area contributed by atoms with Crippen molar-refractivity contribution in [2.45, 2.75) is 18.9 Å². The zero-order valence-corrected chi connectivity index (χ0v) is 13.4. The van der Waals surface area contributed by atoms with E-state index in [4.69, 9.17) is 27.9 Å². The highest BCUT2D eigenvalue weighted by Gasteiger charge is 2.21. The minimum atomic E-state index is -0.616. The first kappa shape index (κ1) is 16.8. The van der Waals surface area contributed by atoms with Gasteiger partial charge in [0.15, 0.2) is 5.75 Å². The standard InChI is InChI=1S/C15H21Cl2NO3/c16-13-4-1-5-14(17)15(13)21-10-12(20)8-18-6-2-3-11(7-18)9-19/h1,4-5,11-12,19-20H,2-3,6-10H2. The Kier molecular flexibility index (Phi) is 6.58. The molecule has 0 radical (unpaired) electrons. The third kappa shape index (κ3) is 5.01. The highest BCUT2D eigenvalue weighted by atomic mass is 35.5. The van der Waals surface area contributed by atoms with E-state index in [0.29, 0.717) is 28.3 Å². The van der Waals surface area contributed by atoms with Gasteiger partial charge in [0.2, 0.25) is 0 Å². The van der Waals surface area contributed by atoms with Crippen molar-refractivity contribution in [3.05, 3.63) is 28.2 Å². The van der Waals surface area contributed by atoms with Gasteiger partial charge >= 0.3 is 0 Å². The highest BCUT2D eigenvalue weighted by Crippen LogP contribution is 2.32. The van der Waals surface area contributed by atoms with Crippen molar-refractivity contribution in [1.82, 2.24) is 4.90 Å². The van der Waals surface area contributed by atoms with Gasteiger partial charge in [-0.15, -0.1) is 0 Å². The molecular formula is C15H21Cl2NO3. The van der Waals surface area contributed by atoms with Crippen molar-refractivity contribution in [2.75, 3.05) is 32.8 Å². The van der Waals surface area contributed by atoms with Gasteiger partial charge in [-0.05, 0) is 37.4 Å². The number of aliphatic hydroxyl groups is 2. The van der Waals surface area contributed by atoms with Crippen molar-refractivity contribution in [3.8, 4) is 5.75 Å². The summed E-state index contributed by atoms with van der Waals surface area (Å²) in [5, 5.41) is 20.2. The van der Waals surface area contributed by atoms with Crippen LogP contribution in [0.5, 0.6) is 5.75 Å². The Balaban J connectivity index is 1.80. The monoisotopic (exact) mass is 333 g/mol. The maximum atomic E-state index is 10.1. The van der Waals surface area contributed by atoms with E-state index in [1.165, 1.54) is 0 Å². The number of para-hydroxylation sites is 1. The molecule has 1 aromatic carbocycles. The van der Waals surface area contributed by atoms with Crippen LogP contribution in [-0.2, 0) is 0 Å². The van der Waals surface area contributed by atoms with Gasteiger partial charge in [-0.1, -0.05) is 29.3 Å². The van der Waals surface area contributed by atoms with Gasteiger partial charge in [-0.25, -0.2) is 0 Å². The molecule has 0 spiro atoms. The van der Waals surface area contributed by atoms with Crippen molar-refractivity contribution in [3.63, 3.8) is 0 Å². The van der Waals surface area contributed by atoms with Crippen LogP contribution in [0.15, 0.2) is 18.2 Å². The summed E-state index contributed by atoms with van der Waals surface area (Å²) in [5.74, 6) is 0.719. The Morgan fingerprint density at radius 3 is 2.71 bits per heavy atom. The first-order valence-electron chi connectivity index (χ1n) is 7.18. The lowest BCUT2D eigenvalue weighted by Crippen LogP contribution is -2.42. The fourth-order valence-electron chi connectivity index (χ4n) is 2.62.